The van der Waals surface area contributed by atoms with E-state index in [1.54, 1.807) is 0 Å². The maximum Gasteiger partial charge on any atom is 0.276 e. The largest absolute Gasteiger partial charge is 0.493 e. The number of carbonyl (C=O) groups is 1. The number of hydrazone groups is 1. The zero-order valence-corrected chi connectivity index (χ0v) is 15.2. The lowest BCUT2D eigenvalue weighted by molar-refractivity contribution is -0.121. The SMILES string of the molecule is CN(C)C(=O)C1=NN(C)C(=Nc2c(O)[nH]c(O)c2Cl)C1=NS(C)(=O)=O. The summed E-state index contributed by atoms with van der Waals surface area (Å²) in [6.07, 6.45) is 0.847. The van der Waals surface area contributed by atoms with E-state index >= 15 is 0 Å². The number of aromatic nitrogens is 1. The fourth-order valence-corrected chi connectivity index (χ4v) is 2.56. The third-order valence-electron chi connectivity index (χ3n) is 2.95. The van der Waals surface area contributed by atoms with Crippen LogP contribution < -0.4 is 0 Å². The molecule has 0 saturated heterocycles. The lowest BCUT2D eigenvalue weighted by Gasteiger charge is -2.09. The Kier molecular flexibility index (Phi) is 4.77. The number of H-pyrrole nitrogens is 1. The van der Waals surface area contributed by atoms with Crippen LogP contribution in [-0.4, -0.2) is 84.1 Å². The first kappa shape index (κ1) is 18.7. The Balaban J connectivity index is 2.67. The Labute approximate surface area is 148 Å². The molecule has 0 fully saturated rings. The summed E-state index contributed by atoms with van der Waals surface area (Å²) in [7, 11) is 0.446. The second-order valence-electron chi connectivity index (χ2n) is 5.26. The summed E-state index contributed by atoms with van der Waals surface area (Å²) in [6, 6.07) is 0. The molecule has 25 heavy (non-hydrogen) atoms. The molecule has 1 amide bonds. The van der Waals surface area contributed by atoms with E-state index in [4.69, 9.17) is 11.6 Å². The Hall–Kier alpha value is -2.60. The molecule has 2 heterocycles. The monoisotopic (exact) mass is 390 g/mol. The van der Waals surface area contributed by atoms with Crippen LogP contribution in [0.15, 0.2) is 14.5 Å². The van der Waals surface area contributed by atoms with E-state index in [1.165, 1.54) is 26.0 Å². The van der Waals surface area contributed by atoms with Crippen molar-refractivity contribution in [3.8, 4) is 11.8 Å². The number of rotatable bonds is 3. The zero-order chi connectivity index (χ0) is 19.1. The number of carbonyl (C=O) groups excluding carboxylic acids is 1. The van der Waals surface area contributed by atoms with Crippen LogP contribution in [-0.2, 0) is 14.8 Å². The minimum Gasteiger partial charge on any atom is -0.493 e. The van der Waals surface area contributed by atoms with Gasteiger partial charge < -0.3 is 15.1 Å². The summed E-state index contributed by atoms with van der Waals surface area (Å²) in [6.45, 7) is 0. The molecule has 1 aromatic rings. The molecule has 0 aliphatic carbocycles. The molecule has 3 N–H and O–H groups in total. The van der Waals surface area contributed by atoms with Crippen LogP contribution in [0, 0.1) is 0 Å². The number of aromatic amines is 1. The molecule has 11 nitrogen and oxygen atoms in total. The normalized spacial score (nSPS) is 18.1. The number of hydrogen-bond donors (Lipinski definition) is 3. The molecule has 0 radical (unpaired) electrons. The van der Waals surface area contributed by atoms with E-state index in [-0.39, 0.29) is 28.0 Å². The lowest BCUT2D eigenvalue weighted by atomic mass is 10.2. The van der Waals surface area contributed by atoms with E-state index in [0.717, 1.165) is 11.3 Å². The van der Waals surface area contributed by atoms with Gasteiger partial charge >= 0.3 is 0 Å². The van der Waals surface area contributed by atoms with Crippen molar-refractivity contribution >= 4 is 50.5 Å². The topological polar surface area (TPSA) is 151 Å². The van der Waals surface area contributed by atoms with Gasteiger partial charge in [0.05, 0.1) is 6.26 Å². The highest BCUT2D eigenvalue weighted by atomic mass is 35.5. The zero-order valence-electron chi connectivity index (χ0n) is 13.6. The third-order valence-corrected chi connectivity index (χ3v) is 3.83. The van der Waals surface area contributed by atoms with Crippen molar-refractivity contribution in [2.45, 2.75) is 0 Å². The highest BCUT2D eigenvalue weighted by Gasteiger charge is 2.35. The van der Waals surface area contributed by atoms with E-state index in [0.29, 0.717) is 0 Å². The summed E-state index contributed by atoms with van der Waals surface area (Å²) in [5.41, 5.74) is -0.803. The molecule has 1 aliphatic heterocycles. The van der Waals surface area contributed by atoms with Crippen LogP contribution in [0.4, 0.5) is 5.69 Å². The molecular weight excluding hydrogens is 376 g/mol. The molecule has 0 atom stereocenters. The quantitative estimate of drug-likeness (QED) is 0.655. The van der Waals surface area contributed by atoms with E-state index in [2.05, 4.69) is 19.5 Å². The summed E-state index contributed by atoms with van der Waals surface area (Å²) in [4.78, 5) is 19.6. The van der Waals surface area contributed by atoms with Crippen LogP contribution >= 0.6 is 11.6 Å². The van der Waals surface area contributed by atoms with Gasteiger partial charge in [-0.15, -0.1) is 0 Å². The van der Waals surface area contributed by atoms with Gasteiger partial charge in [0.2, 0.25) is 11.8 Å². The Morgan fingerprint density at radius 1 is 1.32 bits per heavy atom. The van der Waals surface area contributed by atoms with Gasteiger partial charge in [-0.25, -0.2) is 18.4 Å². The Bertz CT molecular complexity index is 930. The molecule has 13 heteroatoms. The number of amides is 1. The average Bonchev–Trinajstić information content (AvgIpc) is 2.89. The number of aromatic hydroxyl groups is 2. The molecular formula is C12H15ClN6O5S. The van der Waals surface area contributed by atoms with Gasteiger partial charge in [0.25, 0.3) is 15.9 Å². The fourth-order valence-electron chi connectivity index (χ4n) is 1.89. The summed E-state index contributed by atoms with van der Waals surface area (Å²) < 4.78 is 26.7. The molecule has 2 rings (SSSR count). The number of sulfonamides is 1. The molecule has 0 aromatic carbocycles. The first-order chi connectivity index (χ1) is 11.4. The Morgan fingerprint density at radius 2 is 1.92 bits per heavy atom. The van der Waals surface area contributed by atoms with E-state index in [9.17, 15) is 23.4 Å². The van der Waals surface area contributed by atoms with Crippen LogP contribution in [0.25, 0.3) is 0 Å². The van der Waals surface area contributed by atoms with Crippen molar-refractivity contribution in [2.24, 2.45) is 14.5 Å². The minimum absolute atomic E-state index is 0.146. The van der Waals surface area contributed by atoms with Crippen molar-refractivity contribution in [3.05, 3.63) is 5.02 Å². The predicted molar refractivity (Wildman–Crippen MR) is 92.4 cm³/mol. The second kappa shape index (κ2) is 6.37. The Morgan fingerprint density at radius 3 is 2.36 bits per heavy atom. The highest BCUT2D eigenvalue weighted by molar-refractivity contribution is 7.89. The maximum atomic E-state index is 12.2. The second-order valence-corrected chi connectivity index (χ2v) is 7.29. The molecule has 1 aromatic heterocycles. The number of nitrogens with zero attached hydrogens (tertiary/aromatic N) is 5. The van der Waals surface area contributed by atoms with Crippen molar-refractivity contribution in [2.75, 3.05) is 27.4 Å². The minimum atomic E-state index is -3.89. The first-order valence-electron chi connectivity index (χ1n) is 6.65. The van der Waals surface area contributed by atoms with E-state index in [1.807, 2.05) is 0 Å². The number of hydrogen-bond acceptors (Lipinski definition) is 7. The van der Waals surface area contributed by atoms with Gasteiger partial charge in [-0.05, 0) is 0 Å². The predicted octanol–water partition coefficient (Wildman–Crippen LogP) is -0.101. The molecule has 1 aliphatic rings. The van der Waals surface area contributed by atoms with Crippen LogP contribution in [0.3, 0.4) is 0 Å². The average molecular weight is 391 g/mol. The number of amidine groups is 1. The lowest BCUT2D eigenvalue weighted by Crippen LogP contribution is -2.36. The number of halogens is 1. The van der Waals surface area contributed by atoms with Crippen LogP contribution in [0.1, 0.15) is 0 Å². The van der Waals surface area contributed by atoms with Gasteiger partial charge in [-0.1, -0.05) is 11.6 Å². The van der Waals surface area contributed by atoms with Crippen molar-refractivity contribution in [3.63, 3.8) is 0 Å². The first-order valence-corrected chi connectivity index (χ1v) is 8.87. The number of nitrogens with one attached hydrogen (secondary N) is 1. The van der Waals surface area contributed by atoms with Gasteiger partial charge in [-0.3, -0.25) is 9.78 Å². The summed E-state index contributed by atoms with van der Waals surface area (Å²) in [5, 5.41) is 24.0. The fraction of sp³-hybridized carbons (Fsp3) is 0.333. The molecule has 0 saturated carbocycles. The highest BCUT2D eigenvalue weighted by Crippen LogP contribution is 2.41. The maximum absolute atomic E-state index is 12.2. The molecule has 0 spiro atoms. The van der Waals surface area contributed by atoms with Crippen LogP contribution in [0.5, 0.6) is 11.8 Å². The van der Waals surface area contributed by atoms with E-state index < -0.39 is 27.7 Å². The van der Waals surface area contributed by atoms with Crippen molar-refractivity contribution in [1.82, 2.24) is 14.9 Å². The van der Waals surface area contributed by atoms with Crippen molar-refractivity contribution in [1.29, 1.82) is 0 Å². The standard InChI is InChI=1S/C12H15ClN6O5S/c1-18(2)12(22)8-7(17-25(4,23)24)9(19(3)16-8)14-6-5(13)10(20)15-11(6)21/h15,20-21H,1-4H3. The van der Waals surface area contributed by atoms with Crippen molar-refractivity contribution < 1.29 is 23.4 Å². The number of aliphatic imine (C=N–C) groups is 1. The molecule has 0 unspecified atom stereocenters. The van der Waals surface area contributed by atoms with Gasteiger partial charge in [-0.2, -0.15) is 9.50 Å². The molecule has 136 valence electrons. The van der Waals surface area contributed by atoms with Gasteiger partial charge in [0.1, 0.15) is 10.7 Å². The molecule has 0 bridgehead atoms. The smallest absolute Gasteiger partial charge is 0.276 e. The summed E-state index contributed by atoms with van der Waals surface area (Å²) in [5.74, 6) is -1.81. The third kappa shape index (κ3) is 3.74. The summed E-state index contributed by atoms with van der Waals surface area (Å²) >= 11 is 5.83. The van der Waals surface area contributed by atoms with Gasteiger partial charge in [0, 0.05) is 21.1 Å². The van der Waals surface area contributed by atoms with Crippen LogP contribution in [0.2, 0.25) is 5.02 Å². The van der Waals surface area contributed by atoms with Gasteiger partial charge in [0.15, 0.2) is 17.3 Å².